The molecule has 0 fully saturated rings. The molecule has 0 radical (unpaired) electrons. The van der Waals surface area contributed by atoms with Gasteiger partial charge < -0.3 is 4.90 Å². The van der Waals surface area contributed by atoms with Gasteiger partial charge in [-0.3, -0.25) is 0 Å². The first-order valence-corrected chi connectivity index (χ1v) is 15.4. The fourth-order valence-corrected chi connectivity index (χ4v) is 7.06. The van der Waals surface area contributed by atoms with Crippen molar-refractivity contribution in [2.24, 2.45) is 0 Å². The lowest BCUT2D eigenvalue weighted by Gasteiger charge is -2.37. The van der Waals surface area contributed by atoms with Gasteiger partial charge in [-0.2, -0.15) is 0 Å². The van der Waals surface area contributed by atoms with Gasteiger partial charge in [0.2, 0.25) is 0 Å². The van der Waals surface area contributed by atoms with Gasteiger partial charge in [-0.15, -0.1) is 0 Å². The molecule has 0 bridgehead atoms. The fourth-order valence-electron chi connectivity index (χ4n) is 7.06. The Kier molecular flexibility index (Phi) is 6.20. The van der Waals surface area contributed by atoms with Crippen LogP contribution in [0.5, 0.6) is 0 Å². The summed E-state index contributed by atoms with van der Waals surface area (Å²) in [7, 11) is 0. The predicted octanol–water partition coefficient (Wildman–Crippen LogP) is 11.9. The Morgan fingerprint density at radius 1 is 0.409 bits per heavy atom. The third kappa shape index (κ3) is 4.24. The number of benzene rings is 7. The first-order chi connectivity index (χ1) is 21.6. The van der Waals surface area contributed by atoms with Crippen molar-refractivity contribution < 1.29 is 0 Å². The summed E-state index contributed by atoms with van der Waals surface area (Å²) in [5.74, 6) is 0. The summed E-state index contributed by atoms with van der Waals surface area (Å²) < 4.78 is 0. The highest BCUT2D eigenvalue weighted by atomic mass is 15.1. The van der Waals surface area contributed by atoms with Crippen LogP contribution in [-0.4, -0.2) is 0 Å². The number of nitrogens with zero attached hydrogens (tertiary/aromatic N) is 1. The minimum Gasteiger partial charge on any atom is -0.310 e. The average molecular weight is 564 g/mol. The fraction of sp³-hybridized carbons (Fsp3) is 0.0698. The van der Waals surface area contributed by atoms with Gasteiger partial charge in [0.05, 0.1) is 0 Å². The van der Waals surface area contributed by atoms with Gasteiger partial charge in [-0.05, 0) is 91.7 Å². The molecule has 7 aromatic rings. The quantitative estimate of drug-likeness (QED) is 0.201. The summed E-state index contributed by atoms with van der Waals surface area (Å²) in [6.07, 6.45) is 0. The zero-order chi connectivity index (χ0) is 29.7. The lowest BCUT2D eigenvalue weighted by Crippen LogP contribution is -2.24. The van der Waals surface area contributed by atoms with E-state index in [1.54, 1.807) is 0 Å². The zero-order valence-electron chi connectivity index (χ0n) is 25.0. The normalized spacial score (nSPS) is 13.0. The molecule has 1 nitrogen and oxygen atoms in total. The molecule has 8 rings (SSSR count). The summed E-state index contributed by atoms with van der Waals surface area (Å²) in [6.45, 7) is 4.74. The number of anilines is 3. The SMILES string of the molecule is CC1(C)c2ccc(N(c3ccccc3)c3ccc(-c4ccccc4)cc3)cc2-c2c(-c3ccccc3)ccc3cccc1c23. The van der Waals surface area contributed by atoms with Crippen molar-refractivity contribution in [2.45, 2.75) is 19.3 Å². The highest BCUT2D eigenvalue weighted by molar-refractivity contribution is 6.09. The second kappa shape index (κ2) is 10.4. The van der Waals surface area contributed by atoms with Crippen molar-refractivity contribution in [3.8, 4) is 33.4 Å². The van der Waals surface area contributed by atoms with Gasteiger partial charge in [0, 0.05) is 22.5 Å². The average Bonchev–Trinajstić information content (AvgIpc) is 3.08. The number of fused-ring (bicyclic) bond motifs is 2. The van der Waals surface area contributed by atoms with Crippen LogP contribution in [0.15, 0.2) is 164 Å². The smallest absolute Gasteiger partial charge is 0.0468 e. The lowest BCUT2D eigenvalue weighted by molar-refractivity contribution is 0.645. The standard InChI is InChI=1S/C43H33N/c1-43(2)39-28-26-36(44(34-18-10-5-11-19-34)35-24-21-31(22-25-35)30-13-6-3-7-14-30)29-38(39)42-37(32-15-8-4-9-16-32)27-23-33-17-12-20-40(43)41(33)42/h3-29H,1-2H3. The van der Waals surface area contributed by atoms with Crippen LogP contribution in [-0.2, 0) is 5.41 Å². The van der Waals surface area contributed by atoms with Crippen molar-refractivity contribution in [2.75, 3.05) is 4.90 Å². The van der Waals surface area contributed by atoms with Crippen molar-refractivity contribution in [1.29, 1.82) is 0 Å². The van der Waals surface area contributed by atoms with E-state index in [9.17, 15) is 0 Å². The topological polar surface area (TPSA) is 3.24 Å². The Morgan fingerprint density at radius 2 is 1.00 bits per heavy atom. The molecule has 7 aromatic carbocycles. The third-order valence-electron chi connectivity index (χ3n) is 9.25. The molecule has 0 N–H and O–H groups in total. The minimum atomic E-state index is -0.134. The maximum absolute atomic E-state index is 2.42. The van der Waals surface area contributed by atoms with Gasteiger partial charge in [0.15, 0.2) is 0 Å². The second-order valence-corrected chi connectivity index (χ2v) is 12.2. The van der Waals surface area contributed by atoms with Crippen LogP contribution in [0.2, 0.25) is 0 Å². The van der Waals surface area contributed by atoms with E-state index in [0.29, 0.717) is 0 Å². The van der Waals surface area contributed by atoms with Crippen molar-refractivity contribution in [3.63, 3.8) is 0 Å². The number of para-hydroxylation sites is 1. The van der Waals surface area contributed by atoms with Crippen LogP contribution in [0.25, 0.3) is 44.2 Å². The first-order valence-electron chi connectivity index (χ1n) is 15.4. The van der Waals surface area contributed by atoms with E-state index in [2.05, 4.69) is 183 Å². The summed E-state index contributed by atoms with van der Waals surface area (Å²) >= 11 is 0. The maximum atomic E-state index is 2.42. The summed E-state index contributed by atoms with van der Waals surface area (Å²) in [5.41, 5.74) is 13.6. The molecule has 0 unspecified atom stereocenters. The van der Waals surface area contributed by atoms with E-state index in [-0.39, 0.29) is 5.41 Å². The molecular formula is C43H33N. The van der Waals surface area contributed by atoms with E-state index in [1.807, 2.05) is 0 Å². The summed E-state index contributed by atoms with van der Waals surface area (Å²) in [6, 6.07) is 59.5. The molecule has 0 aromatic heterocycles. The van der Waals surface area contributed by atoms with E-state index in [1.165, 1.54) is 55.3 Å². The molecule has 1 aliphatic rings. The van der Waals surface area contributed by atoms with Crippen LogP contribution in [0, 0.1) is 0 Å². The molecule has 1 heteroatoms. The Hall–Kier alpha value is -5.40. The van der Waals surface area contributed by atoms with E-state index in [0.717, 1.165) is 17.1 Å². The van der Waals surface area contributed by atoms with Gasteiger partial charge in [0.1, 0.15) is 0 Å². The van der Waals surface area contributed by atoms with Gasteiger partial charge in [0.25, 0.3) is 0 Å². The molecule has 44 heavy (non-hydrogen) atoms. The van der Waals surface area contributed by atoms with Crippen molar-refractivity contribution in [3.05, 3.63) is 175 Å². The predicted molar refractivity (Wildman–Crippen MR) is 187 cm³/mol. The molecule has 0 aliphatic heterocycles. The molecule has 0 amide bonds. The van der Waals surface area contributed by atoms with Crippen LogP contribution >= 0.6 is 0 Å². The van der Waals surface area contributed by atoms with E-state index < -0.39 is 0 Å². The van der Waals surface area contributed by atoms with Crippen LogP contribution in [0.4, 0.5) is 17.1 Å². The number of hydrogen-bond acceptors (Lipinski definition) is 1. The lowest BCUT2D eigenvalue weighted by atomic mass is 9.67. The molecule has 0 heterocycles. The minimum absolute atomic E-state index is 0.134. The summed E-state index contributed by atoms with van der Waals surface area (Å²) in [5, 5.41) is 2.65. The molecule has 0 saturated carbocycles. The van der Waals surface area contributed by atoms with Crippen LogP contribution in [0.3, 0.4) is 0 Å². The van der Waals surface area contributed by atoms with Crippen molar-refractivity contribution in [1.82, 2.24) is 0 Å². The second-order valence-electron chi connectivity index (χ2n) is 12.2. The zero-order valence-corrected chi connectivity index (χ0v) is 25.0. The Bertz CT molecular complexity index is 2110. The van der Waals surface area contributed by atoms with Crippen LogP contribution in [0.1, 0.15) is 25.0 Å². The third-order valence-corrected chi connectivity index (χ3v) is 9.25. The molecule has 1 aliphatic carbocycles. The Morgan fingerprint density at radius 3 is 1.70 bits per heavy atom. The van der Waals surface area contributed by atoms with Crippen molar-refractivity contribution >= 4 is 27.8 Å². The van der Waals surface area contributed by atoms with Gasteiger partial charge in [-0.25, -0.2) is 0 Å². The first kappa shape index (κ1) is 26.2. The largest absolute Gasteiger partial charge is 0.310 e. The Balaban J connectivity index is 1.36. The molecule has 0 spiro atoms. The van der Waals surface area contributed by atoms with Crippen LogP contribution < -0.4 is 4.90 Å². The van der Waals surface area contributed by atoms with Gasteiger partial charge in [-0.1, -0.05) is 141 Å². The summed E-state index contributed by atoms with van der Waals surface area (Å²) in [4.78, 5) is 2.38. The van der Waals surface area contributed by atoms with E-state index >= 15 is 0 Å². The van der Waals surface area contributed by atoms with Gasteiger partial charge >= 0.3 is 0 Å². The number of hydrogen-bond donors (Lipinski definition) is 0. The monoisotopic (exact) mass is 563 g/mol. The highest BCUT2D eigenvalue weighted by Crippen LogP contribution is 2.53. The molecular weight excluding hydrogens is 530 g/mol. The number of rotatable bonds is 5. The molecule has 0 atom stereocenters. The maximum Gasteiger partial charge on any atom is 0.0468 e. The molecule has 210 valence electrons. The highest BCUT2D eigenvalue weighted by Gasteiger charge is 2.35. The molecule has 0 saturated heterocycles. The Labute approximate surface area is 259 Å². The van der Waals surface area contributed by atoms with E-state index in [4.69, 9.17) is 0 Å².